The molecule has 1 heterocycles. The minimum atomic E-state index is 0.653. The van der Waals surface area contributed by atoms with Gasteiger partial charge in [0.2, 0.25) is 0 Å². The van der Waals surface area contributed by atoms with E-state index in [-0.39, 0.29) is 0 Å². The molecule has 3 nitrogen and oxygen atoms in total. The van der Waals surface area contributed by atoms with E-state index in [4.69, 9.17) is 0 Å². The Labute approximate surface area is 77.6 Å². The van der Waals surface area contributed by atoms with Gasteiger partial charge in [-0.3, -0.25) is 0 Å². The molecule has 1 N–H and O–H groups in total. The summed E-state index contributed by atoms with van der Waals surface area (Å²) in [6.07, 6.45) is 5.85. The first-order valence-electron chi connectivity index (χ1n) is 4.96. The molecule has 1 aromatic rings. The van der Waals surface area contributed by atoms with Crippen LogP contribution in [0, 0.1) is 11.8 Å². The number of nitrogens with one attached hydrogen (secondary N) is 1. The Bertz CT molecular complexity index is 288. The molecule has 0 bridgehead atoms. The maximum atomic E-state index is 4.02. The zero-order chi connectivity index (χ0) is 8.67. The summed E-state index contributed by atoms with van der Waals surface area (Å²) in [4.78, 5) is 0. The van der Waals surface area contributed by atoms with Gasteiger partial charge in [0.1, 0.15) is 5.82 Å². The molecule has 68 valence electrons. The predicted molar refractivity (Wildman–Crippen MR) is 50.3 cm³/mol. The smallest absolute Gasteiger partial charge is 0.148 e. The van der Waals surface area contributed by atoms with Gasteiger partial charge in [0, 0.05) is 12.2 Å². The lowest BCUT2D eigenvalue weighted by molar-refractivity contribution is 0.647. The lowest BCUT2D eigenvalue weighted by atomic mass is 10.1. The molecular formula is C10H13N3. The van der Waals surface area contributed by atoms with Gasteiger partial charge in [-0.2, -0.15) is 5.10 Å². The van der Waals surface area contributed by atoms with E-state index in [0.29, 0.717) is 6.04 Å². The molecule has 3 rings (SSSR count). The summed E-state index contributed by atoms with van der Waals surface area (Å²) in [7, 11) is 0. The van der Waals surface area contributed by atoms with Crippen molar-refractivity contribution in [3.63, 3.8) is 0 Å². The summed E-state index contributed by atoms with van der Waals surface area (Å²) in [5.74, 6) is 2.97. The normalized spacial score (nSPS) is 35.5. The molecule has 2 fully saturated rings. The van der Waals surface area contributed by atoms with Crippen LogP contribution in [0.15, 0.2) is 18.3 Å². The Morgan fingerprint density at radius 1 is 1.23 bits per heavy atom. The predicted octanol–water partition coefficient (Wildman–Crippen LogP) is 1.69. The molecule has 0 saturated heterocycles. The Morgan fingerprint density at radius 3 is 2.77 bits per heavy atom. The van der Waals surface area contributed by atoms with Crippen molar-refractivity contribution in [1.82, 2.24) is 10.2 Å². The van der Waals surface area contributed by atoms with Crippen LogP contribution in [0.4, 0.5) is 5.82 Å². The molecule has 2 unspecified atom stereocenters. The number of fused-ring (bicyclic) bond motifs is 1. The fourth-order valence-electron chi connectivity index (χ4n) is 2.42. The Morgan fingerprint density at radius 2 is 2.08 bits per heavy atom. The highest BCUT2D eigenvalue weighted by Gasteiger charge is 2.45. The molecular weight excluding hydrogens is 162 g/mol. The topological polar surface area (TPSA) is 37.8 Å². The zero-order valence-corrected chi connectivity index (χ0v) is 7.48. The van der Waals surface area contributed by atoms with E-state index < -0.39 is 0 Å². The van der Waals surface area contributed by atoms with E-state index in [9.17, 15) is 0 Å². The second kappa shape index (κ2) is 2.69. The lowest BCUT2D eigenvalue weighted by Crippen LogP contribution is -2.17. The van der Waals surface area contributed by atoms with Gasteiger partial charge in [0.25, 0.3) is 0 Å². The standard InChI is InChI=1S/C10H13N3/c1-2-10(13-11-3-1)12-9-5-7-4-8(7)6-9/h1-3,7-9H,4-6H2,(H,12,13). The number of aromatic nitrogens is 2. The third-order valence-electron chi connectivity index (χ3n) is 3.17. The molecule has 2 aliphatic carbocycles. The molecule has 2 saturated carbocycles. The zero-order valence-electron chi connectivity index (χ0n) is 7.48. The average molecular weight is 175 g/mol. The second-order valence-electron chi connectivity index (χ2n) is 4.18. The number of anilines is 1. The summed E-state index contributed by atoms with van der Waals surface area (Å²) >= 11 is 0. The Hall–Kier alpha value is -1.12. The van der Waals surface area contributed by atoms with E-state index in [1.54, 1.807) is 6.20 Å². The number of hydrogen-bond acceptors (Lipinski definition) is 3. The van der Waals surface area contributed by atoms with Gasteiger partial charge in [0.05, 0.1) is 0 Å². The summed E-state index contributed by atoms with van der Waals surface area (Å²) < 4.78 is 0. The lowest BCUT2D eigenvalue weighted by Gasteiger charge is -2.13. The van der Waals surface area contributed by atoms with Gasteiger partial charge in [0.15, 0.2) is 0 Å². The first kappa shape index (κ1) is 7.30. The molecule has 2 atom stereocenters. The largest absolute Gasteiger partial charge is 0.366 e. The van der Waals surface area contributed by atoms with Crippen molar-refractivity contribution in [2.75, 3.05) is 5.32 Å². The van der Waals surface area contributed by atoms with Crippen LogP contribution in [0.3, 0.4) is 0 Å². The van der Waals surface area contributed by atoms with Crippen molar-refractivity contribution in [3.8, 4) is 0 Å². The summed E-state index contributed by atoms with van der Waals surface area (Å²) in [5.41, 5.74) is 0. The van der Waals surface area contributed by atoms with Gasteiger partial charge in [-0.05, 0) is 43.2 Å². The van der Waals surface area contributed by atoms with E-state index in [1.165, 1.54) is 19.3 Å². The third kappa shape index (κ3) is 1.39. The van der Waals surface area contributed by atoms with Gasteiger partial charge >= 0.3 is 0 Å². The molecule has 1 aromatic heterocycles. The fraction of sp³-hybridized carbons (Fsp3) is 0.600. The molecule has 2 aliphatic rings. The van der Waals surface area contributed by atoms with Crippen molar-refractivity contribution in [2.24, 2.45) is 11.8 Å². The number of rotatable bonds is 2. The van der Waals surface area contributed by atoms with Crippen LogP contribution in [0.1, 0.15) is 19.3 Å². The van der Waals surface area contributed by atoms with Crippen LogP contribution in [-0.4, -0.2) is 16.2 Å². The molecule has 0 aliphatic heterocycles. The molecule has 0 radical (unpaired) electrons. The Kier molecular flexibility index (Phi) is 1.51. The summed E-state index contributed by atoms with van der Waals surface area (Å²) in [5, 5.41) is 11.3. The van der Waals surface area contributed by atoms with Gasteiger partial charge < -0.3 is 5.32 Å². The van der Waals surface area contributed by atoms with Crippen LogP contribution < -0.4 is 5.32 Å². The SMILES string of the molecule is c1cnnc(NC2CC3CC3C2)c1. The second-order valence-corrected chi connectivity index (χ2v) is 4.18. The van der Waals surface area contributed by atoms with Crippen molar-refractivity contribution < 1.29 is 0 Å². The van der Waals surface area contributed by atoms with Gasteiger partial charge in [-0.15, -0.1) is 5.10 Å². The van der Waals surface area contributed by atoms with E-state index >= 15 is 0 Å². The van der Waals surface area contributed by atoms with Crippen LogP contribution in [0.5, 0.6) is 0 Å². The maximum Gasteiger partial charge on any atom is 0.148 e. The van der Waals surface area contributed by atoms with E-state index in [2.05, 4.69) is 15.5 Å². The Balaban J connectivity index is 1.63. The number of nitrogens with zero attached hydrogens (tertiary/aromatic N) is 2. The number of hydrogen-bond donors (Lipinski definition) is 1. The van der Waals surface area contributed by atoms with Crippen LogP contribution in [-0.2, 0) is 0 Å². The highest BCUT2D eigenvalue weighted by atomic mass is 15.2. The van der Waals surface area contributed by atoms with Gasteiger partial charge in [-0.25, -0.2) is 0 Å². The third-order valence-corrected chi connectivity index (χ3v) is 3.17. The molecule has 3 heteroatoms. The van der Waals surface area contributed by atoms with Crippen LogP contribution in [0.2, 0.25) is 0 Å². The summed E-state index contributed by atoms with van der Waals surface area (Å²) in [6, 6.07) is 4.56. The highest BCUT2D eigenvalue weighted by molar-refractivity contribution is 5.33. The fourth-order valence-corrected chi connectivity index (χ4v) is 2.42. The van der Waals surface area contributed by atoms with Crippen molar-refractivity contribution in [3.05, 3.63) is 18.3 Å². The quantitative estimate of drug-likeness (QED) is 0.743. The van der Waals surface area contributed by atoms with Gasteiger partial charge in [-0.1, -0.05) is 0 Å². The van der Waals surface area contributed by atoms with Crippen molar-refractivity contribution in [1.29, 1.82) is 0 Å². The minimum absolute atomic E-state index is 0.653. The highest BCUT2D eigenvalue weighted by Crippen LogP contribution is 2.52. The first-order chi connectivity index (χ1) is 6.42. The first-order valence-corrected chi connectivity index (χ1v) is 4.96. The van der Waals surface area contributed by atoms with Crippen molar-refractivity contribution >= 4 is 5.82 Å². The monoisotopic (exact) mass is 175 g/mol. The minimum Gasteiger partial charge on any atom is -0.366 e. The van der Waals surface area contributed by atoms with Crippen LogP contribution in [0.25, 0.3) is 0 Å². The van der Waals surface area contributed by atoms with E-state index in [1.807, 2.05) is 12.1 Å². The van der Waals surface area contributed by atoms with Crippen LogP contribution >= 0.6 is 0 Å². The molecule has 13 heavy (non-hydrogen) atoms. The van der Waals surface area contributed by atoms with Crippen molar-refractivity contribution in [2.45, 2.75) is 25.3 Å². The molecule has 0 spiro atoms. The summed E-state index contributed by atoms with van der Waals surface area (Å²) in [6.45, 7) is 0. The molecule has 0 aromatic carbocycles. The molecule has 0 amide bonds. The average Bonchev–Trinajstić information content (AvgIpc) is 2.76. The maximum absolute atomic E-state index is 4.02. The van der Waals surface area contributed by atoms with E-state index in [0.717, 1.165) is 17.7 Å².